The third-order valence-electron chi connectivity index (χ3n) is 7.12. The summed E-state index contributed by atoms with van der Waals surface area (Å²) in [6.45, 7) is 1.94. The highest BCUT2D eigenvalue weighted by Crippen LogP contribution is 2.32. The Bertz CT molecular complexity index is 1780. The molecule has 0 saturated carbocycles. The Kier molecular flexibility index (Phi) is 5.82. The molecule has 7 heterocycles. The molecule has 1 saturated heterocycles. The first-order valence-electron chi connectivity index (χ1n) is 12.9. The van der Waals surface area contributed by atoms with Gasteiger partial charge >= 0.3 is 0 Å². The van der Waals surface area contributed by atoms with Crippen molar-refractivity contribution in [1.29, 1.82) is 0 Å². The van der Waals surface area contributed by atoms with Gasteiger partial charge in [-0.1, -0.05) is 0 Å². The molecule has 0 bridgehead atoms. The number of imidazole rings is 1. The SMILES string of the molecule is O=C(CC1CCNCC1)Nc1cncc(-c2cc3c(-c4nc5c(-c6ccoc6)nccc5[nH]4)n[nH]c3cn2)c1. The number of pyridine rings is 3. The number of amides is 1. The van der Waals surface area contributed by atoms with Gasteiger partial charge in [0.15, 0.2) is 5.82 Å². The number of aromatic nitrogens is 7. The highest BCUT2D eigenvalue weighted by atomic mass is 16.3. The molecule has 0 aliphatic carbocycles. The molecule has 0 radical (unpaired) electrons. The summed E-state index contributed by atoms with van der Waals surface area (Å²) in [5.74, 6) is 1.04. The summed E-state index contributed by atoms with van der Waals surface area (Å²) in [5, 5.41) is 14.8. The summed E-state index contributed by atoms with van der Waals surface area (Å²) in [4.78, 5) is 34.3. The normalized spacial score (nSPS) is 14.3. The first kappa shape index (κ1) is 23.2. The molecule has 1 aliphatic heterocycles. The van der Waals surface area contributed by atoms with E-state index in [4.69, 9.17) is 9.40 Å². The lowest BCUT2D eigenvalue weighted by Gasteiger charge is -2.21. The van der Waals surface area contributed by atoms with Gasteiger partial charge in [0.2, 0.25) is 5.91 Å². The molecule has 1 fully saturated rings. The van der Waals surface area contributed by atoms with E-state index in [9.17, 15) is 4.79 Å². The Labute approximate surface area is 222 Å². The number of fused-ring (bicyclic) bond motifs is 2. The zero-order valence-electron chi connectivity index (χ0n) is 20.9. The number of hydrogen-bond donors (Lipinski definition) is 4. The zero-order chi connectivity index (χ0) is 26.2. The maximum Gasteiger partial charge on any atom is 0.224 e. The van der Waals surface area contributed by atoms with Crippen molar-refractivity contribution in [3.05, 3.63) is 61.6 Å². The van der Waals surface area contributed by atoms with Crippen molar-refractivity contribution in [2.75, 3.05) is 18.4 Å². The predicted molar refractivity (Wildman–Crippen MR) is 147 cm³/mol. The minimum atomic E-state index is 0.00977. The van der Waals surface area contributed by atoms with E-state index in [0.717, 1.165) is 64.7 Å². The standard InChI is InChI=1S/C28H25N9O2/c38-24(9-16-1-5-29-6-2-16)33-19-10-18(12-30-13-19)22-11-20-23(14-32-22)36-37-26(20)28-34-21-3-7-31-25(27(21)35-28)17-4-8-39-15-17/h3-4,7-8,10-16,29H,1-2,5-6,9H2,(H,33,38)(H,34,35)(H,36,37). The molecule has 39 heavy (non-hydrogen) atoms. The first-order valence-corrected chi connectivity index (χ1v) is 12.9. The van der Waals surface area contributed by atoms with Gasteiger partial charge in [-0.05, 0) is 56.1 Å². The van der Waals surface area contributed by atoms with E-state index in [1.165, 1.54) is 0 Å². The van der Waals surface area contributed by atoms with Crippen LogP contribution in [0.15, 0.2) is 66.0 Å². The number of rotatable bonds is 6. The molecule has 0 unspecified atom stereocenters. The van der Waals surface area contributed by atoms with Crippen molar-refractivity contribution in [2.45, 2.75) is 19.3 Å². The smallest absolute Gasteiger partial charge is 0.224 e. The minimum Gasteiger partial charge on any atom is -0.472 e. The van der Waals surface area contributed by atoms with E-state index in [1.807, 2.05) is 24.3 Å². The van der Waals surface area contributed by atoms with Gasteiger partial charge in [-0.3, -0.25) is 24.8 Å². The van der Waals surface area contributed by atoms with Crippen LogP contribution < -0.4 is 10.6 Å². The molecule has 11 heteroatoms. The third kappa shape index (κ3) is 4.53. The van der Waals surface area contributed by atoms with E-state index in [-0.39, 0.29) is 5.91 Å². The molecule has 6 aromatic heterocycles. The topological polar surface area (TPSA) is 150 Å². The maximum atomic E-state index is 12.6. The fourth-order valence-corrected chi connectivity index (χ4v) is 5.12. The van der Waals surface area contributed by atoms with Gasteiger partial charge in [0.05, 0.1) is 47.3 Å². The van der Waals surface area contributed by atoms with Crippen LogP contribution in [0.4, 0.5) is 5.69 Å². The predicted octanol–water partition coefficient (Wildman–Crippen LogP) is 4.55. The Morgan fingerprint density at radius 1 is 1.03 bits per heavy atom. The number of furan rings is 1. The van der Waals surface area contributed by atoms with Crippen LogP contribution in [0.25, 0.3) is 56.0 Å². The Morgan fingerprint density at radius 3 is 2.82 bits per heavy atom. The number of nitrogens with one attached hydrogen (secondary N) is 4. The van der Waals surface area contributed by atoms with Gasteiger partial charge in [-0.15, -0.1) is 0 Å². The molecule has 0 atom stereocenters. The molecule has 0 aromatic carbocycles. The summed E-state index contributed by atoms with van der Waals surface area (Å²) in [7, 11) is 0. The van der Waals surface area contributed by atoms with Gasteiger partial charge in [0, 0.05) is 35.3 Å². The highest BCUT2D eigenvalue weighted by Gasteiger charge is 2.19. The largest absolute Gasteiger partial charge is 0.472 e. The van der Waals surface area contributed by atoms with Gasteiger partial charge in [0.25, 0.3) is 0 Å². The molecule has 0 spiro atoms. The molecule has 194 valence electrons. The van der Waals surface area contributed by atoms with Gasteiger partial charge in [-0.25, -0.2) is 4.98 Å². The number of aromatic amines is 2. The first-order chi connectivity index (χ1) is 19.2. The van der Waals surface area contributed by atoms with Crippen LogP contribution in [-0.4, -0.2) is 54.1 Å². The van der Waals surface area contributed by atoms with E-state index in [2.05, 4.69) is 40.8 Å². The summed E-state index contributed by atoms with van der Waals surface area (Å²) >= 11 is 0. The zero-order valence-corrected chi connectivity index (χ0v) is 20.9. The molecule has 11 nitrogen and oxygen atoms in total. The summed E-state index contributed by atoms with van der Waals surface area (Å²) in [6.07, 6.45) is 12.7. The Hall–Kier alpha value is -4.90. The average Bonchev–Trinajstić information content (AvgIpc) is 3.73. The summed E-state index contributed by atoms with van der Waals surface area (Å²) in [5.41, 5.74) is 6.77. The molecule has 1 amide bonds. The van der Waals surface area contributed by atoms with Crippen molar-refractivity contribution in [3.8, 4) is 34.0 Å². The summed E-state index contributed by atoms with van der Waals surface area (Å²) < 4.78 is 5.24. The lowest BCUT2D eigenvalue weighted by molar-refractivity contribution is -0.117. The third-order valence-corrected chi connectivity index (χ3v) is 7.12. The summed E-state index contributed by atoms with van der Waals surface area (Å²) in [6, 6.07) is 7.59. The Morgan fingerprint density at radius 2 is 1.95 bits per heavy atom. The molecule has 1 aliphatic rings. The monoisotopic (exact) mass is 519 g/mol. The number of anilines is 1. The van der Waals surface area contributed by atoms with Crippen LogP contribution in [0, 0.1) is 5.92 Å². The van der Waals surface area contributed by atoms with Crippen LogP contribution in [0.1, 0.15) is 19.3 Å². The van der Waals surface area contributed by atoms with Crippen molar-refractivity contribution in [3.63, 3.8) is 0 Å². The Balaban J connectivity index is 1.19. The molecule has 4 N–H and O–H groups in total. The second-order valence-corrected chi connectivity index (χ2v) is 9.75. The number of nitrogens with zero attached hydrogens (tertiary/aromatic N) is 5. The van der Waals surface area contributed by atoms with Crippen LogP contribution >= 0.6 is 0 Å². The molecular formula is C28H25N9O2. The van der Waals surface area contributed by atoms with Gasteiger partial charge in [-0.2, -0.15) is 5.10 Å². The van der Waals surface area contributed by atoms with Crippen LogP contribution in [0.5, 0.6) is 0 Å². The number of piperidine rings is 1. The van der Waals surface area contributed by atoms with Crippen LogP contribution in [-0.2, 0) is 4.79 Å². The molecule has 6 aromatic rings. The fourth-order valence-electron chi connectivity index (χ4n) is 5.12. The van der Waals surface area contributed by atoms with E-state index in [0.29, 0.717) is 35.2 Å². The lowest BCUT2D eigenvalue weighted by atomic mass is 9.94. The quantitative estimate of drug-likeness (QED) is 0.250. The van der Waals surface area contributed by atoms with Crippen LogP contribution in [0.2, 0.25) is 0 Å². The lowest BCUT2D eigenvalue weighted by Crippen LogP contribution is -2.30. The maximum absolute atomic E-state index is 12.6. The highest BCUT2D eigenvalue weighted by molar-refractivity contribution is 5.97. The number of H-pyrrole nitrogens is 2. The minimum absolute atomic E-state index is 0.00977. The van der Waals surface area contributed by atoms with E-state index >= 15 is 0 Å². The van der Waals surface area contributed by atoms with Gasteiger partial charge < -0.3 is 20.0 Å². The van der Waals surface area contributed by atoms with Crippen molar-refractivity contribution >= 4 is 33.5 Å². The van der Waals surface area contributed by atoms with E-state index < -0.39 is 0 Å². The molecular weight excluding hydrogens is 494 g/mol. The fraction of sp³-hybridized carbons (Fsp3) is 0.214. The van der Waals surface area contributed by atoms with Crippen molar-refractivity contribution in [2.24, 2.45) is 5.92 Å². The van der Waals surface area contributed by atoms with Crippen molar-refractivity contribution < 1.29 is 9.21 Å². The van der Waals surface area contributed by atoms with E-state index in [1.54, 1.807) is 37.3 Å². The van der Waals surface area contributed by atoms with Crippen molar-refractivity contribution in [1.82, 2.24) is 40.4 Å². The number of carbonyl (C=O) groups excluding carboxylic acids is 1. The van der Waals surface area contributed by atoms with Gasteiger partial charge in [0.1, 0.15) is 16.9 Å². The second-order valence-electron chi connectivity index (χ2n) is 9.75. The average molecular weight is 520 g/mol. The number of hydrogen-bond acceptors (Lipinski definition) is 8. The second kappa shape index (κ2) is 9.76. The molecule has 7 rings (SSSR count). The van der Waals surface area contributed by atoms with Crippen LogP contribution in [0.3, 0.4) is 0 Å². The number of carbonyl (C=O) groups is 1.